The number of benzene rings is 1. The first kappa shape index (κ1) is 14.4. The Morgan fingerprint density at radius 3 is 2.58 bits per heavy atom. The third-order valence-corrected chi connectivity index (χ3v) is 5.78. The maximum atomic E-state index is 12.1. The van der Waals surface area contributed by atoms with E-state index in [1.165, 1.54) is 0 Å². The molecule has 0 amide bonds. The Kier molecular flexibility index (Phi) is 3.92. The maximum absolute atomic E-state index is 12.1. The van der Waals surface area contributed by atoms with Gasteiger partial charge in [0.2, 0.25) is 0 Å². The fourth-order valence-electron chi connectivity index (χ4n) is 2.19. The van der Waals surface area contributed by atoms with Gasteiger partial charge in [-0.3, -0.25) is 0 Å². The summed E-state index contributed by atoms with van der Waals surface area (Å²) in [5, 5.41) is 1.28. The van der Waals surface area contributed by atoms with Gasteiger partial charge < -0.3 is 4.57 Å². The molecule has 19 heavy (non-hydrogen) atoms. The number of para-hydroxylation sites is 1. The Balaban J connectivity index is 2.59. The molecule has 1 aromatic heterocycles. The van der Waals surface area contributed by atoms with Gasteiger partial charge in [-0.15, -0.1) is 0 Å². The summed E-state index contributed by atoms with van der Waals surface area (Å²) >= 11 is 6.22. The zero-order valence-corrected chi connectivity index (χ0v) is 12.9. The highest BCUT2D eigenvalue weighted by Gasteiger charge is 2.20. The quantitative estimate of drug-likeness (QED) is 0.864. The largest absolute Gasteiger partial charge is 0.343 e. The van der Waals surface area contributed by atoms with Crippen molar-refractivity contribution in [2.45, 2.75) is 38.3 Å². The lowest BCUT2D eigenvalue weighted by Gasteiger charge is -2.11. The number of nitrogens with zero attached hydrogens (tertiary/aromatic N) is 1. The predicted molar refractivity (Wildman–Crippen MR) is 80.4 cm³/mol. The van der Waals surface area contributed by atoms with Crippen LogP contribution in [0.15, 0.2) is 24.3 Å². The van der Waals surface area contributed by atoms with Crippen LogP contribution in [0.25, 0.3) is 10.9 Å². The molecule has 1 aromatic carbocycles. The summed E-state index contributed by atoms with van der Waals surface area (Å²) in [6.07, 6.45) is 0. The molecule has 0 fully saturated rings. The highest BCUT2D eigenvalue weighted by atomic mass is 35.5. The third kappa shape index (κ3) is 2.65. The second-order valence-corrected chi connectivity index (χ2v) is 7.88. The molecule has 0 bridgehead atoms. The van der Waals surface area contributed by atoms with Gasteiger partial charge in [-0.1, -0.05) is 23.7 Å². The smallest absolute Gasteiger partial charge is 0.158 e. The topological polar surface area (TPSA) is 39.1 Å². The van der Waals surface area contributed by atoms with Crippen molar-refractivity contribution in [1.29, 1.82) is 0 Å². The van der Waals surface area contributed by atoms with E-state index in [1.54, 1.807) is 13.8 Å². The number of hydrogen-bond donors (Lipinski definition) is 0. The van der Waals surface area contributed by atoms with Crippen molar-refractivity contribution in [3.63, 3.8) is 0 Å². The highest BCUT2D eigenvalue weighted by molar-refractivity contribution is 7.91. The van der Waals surface area contributed by atoms with E-state index in [9.17, 15) is 8.42 Å². The molecule has 0 aliphatic rings. The number of aryl methyl sites for hydroxylation is 1. The van der Waals surface area contributed by atoms with Gasteiger partial charge in [0.1, 0.15) is 0 Å². The SMILES string of the molecule is CCn1c(CS(=O)(=O)C(C)C)cc2cccc(Cl)c21. The molecule has 0 atom stereocenters. The average molecular weight is 300 g/mol. The Hall–Kier alpha value is -1.00. The molecule has 0 aliphatic carbocycles. The number of halogens is 1. The lowest BCUT2D eigenvalue weighted by atomic mass is 10.2. The summed E-state index contributed by atoms with van der Waals surface area (Å²) in [5.41, 5.74) is 1.72. The number of fused-ring (bicyclic) bond motifs is 1. The van der Waals surface area contributed by atoms with Gasteiger partial charge in [0.15, 0.2) is 9.84 Å². The second kappa shape index (κ2) is 5.17. The van der Waals surface area contributed by atoms with Crippen molar-refractivity contribution in [2.75, 3.05) is 0 Å². The summed E-state index contributed by atoms with van der Waals surface area (Å²) in [4.78, 5) is 0. The normalized spacial score (nSPS) is 12.5. The Morgan fingerprint density at radius 1 is 1.32 bits per heavy atom. The van der Waals surface area contributed by atoms with Gasteiger partial charge in [0.05, 0.1) is 21.5 Å². The van der Waals surface area contributed by atoms with Gasteiger partial charge in [-0.05, 0) is 32.9 Å². The van der Waals surface area contributed by atoms with Crippen LogP contribution in [0.3, 0.4) is 0 Å². The standard InChI is InChI=1S/C14H18ClNO2S/c1-4-16-12(9-19(17,18)10(2)3)8-11-6-5-7-13(15)14(11)16/h5-8,10H,4,9H2,1-3H3. The van der Waals surface area contributed by atoms with Crippen LogP contribution in [-0.2, 0) is 22.1 Å². The van der Waals surface area contributed by atoms with Crippen molar-refractivity contribution < 1.29 is 8.42 Å². The zero-order chi connectivity index (χ0) is 14.2. The predicted octanol–water partition coefficient (Wildman–Crippen LogP) is 3.64. The van der Waals surface area contributed by atoms with Gasteiger partial charge in [0, 0.05) is 17.6 Å². The molecule has 0 aliphatic heterocycles. The van der Waals surface area contributed by atoms with Crippen molar-refractivity contribution >= 4 is 32.3 Å². The minimum atomic E-state index is -3.11. The Labute approximate surface area is 119 Å². The van der Waals surface area contributed by atoms with Crippen LogP contribution in [0.4, 0.5) is 0 Å². The molecular formula is C14H18ClNO2S. The summed E-state index contributed by atoms with van der Waals surface area (Å²) in [6.45, 7) is 6.12. The lowest BCUT2D eigenvalue weighted by molar-refractivity contribution is 0.584. The Morgan fingerprint density at radius 2 is 2.00 bits per heavy atom. The van der Waals surface area contributed by atoms with Crippen molar-refractivity contribution in [3.05, 3.63) is 35.0 Å². The van der Waals surface area contributed by atoms with E-state index in [1.807, 2.05) is 35.8 Å². The van der Waals surface area contributed by atoms with E-state index in [2.05, 4.69) is 0 Å². The van der Waals surface area contributed by atoms with Gasteiger partial charge >= 0.3 is 0 Å². The molecule has 0 saturated heterocycles. The van der Waals surface area contributed by atoms with Crippen LogP contribution in [0.5, 0.6) is 0 Å². The third-order valence-electron chi connectivity index (χ3n) is 3.34. The summed E-state index contributed by atoms with van der Waals surface area (Å²) in [6, 6.07) is 7.59. The molecule has 0 unspecified atom stereocenters. The fraction of sp³-hybridized carbons (Fsp3) is 0.429. The summed E-state index contributed by atoms with van der Waals surface area (Å²) in [7, 11) is -3.11. The van der Waals surface area contributed by atoms with E-state index >= 15 is 0 Å². The van der Waals surface area contributed by atoms with Crippen LogP contribution in [0, 0.1) is 0 Å². The minimum Gasteiger partial charge on any atom is -0.343 e. The van der Waals surface area contributed by atoms with Crippen LogP contribution in [0.1, 0.15) is 26.5 Å². The molecule has 1 heterocycles. The second-order valence-electron chi connectivity index (χ2n) is 4.91. The summed E-state index contributed by atoms with van der Waals surface area (Å²) in [5.74, 6) is 0.0590. The lowest BCUT2D eigenvalue weighted by Crippen LogP contribution is -2.18. The van der Waals surface area contributed by atoms with Crippen LogP contribution < -0.4 is 0 Å². The van der Waals surface area contributed by atoms with E-state index < -0.39 is 9.84 Å². The minimum absolute atomic E-state index is 0.0590. The van der Waals surface area contributed by atoms with Crippen molar-refractivity contribution in [1.82, 2.24) is 4.57 Å². The first-order chi connectivity index (χ1) is 8.86. The van der Waals surface area contributed by atoms with Crippen molar-refractivity contribution in [2.24, 2.45) is 0 Å². The maximum Gasteiger partial charge on any atom is 0.158 e. The number of sulfone groups is 1. The molecule has 104 valence electrons. The average Bonchev–Trinajstić information content (AvgIpc) is 2.66. The van der Waals surface area contributed by atoms with Crippen LogP contribution in [0.2, 0.25) is 5.02 Å². The van der Waals surface area contributed by atoms with Gasteiger partial charge in [0.25, 0.3) is 0 Å². The first-order valence-electron chi connectivity index (χ1n) is 6.35. The molecule has 0 N–H and O–H groups in total. The highest BCUT2D eigenvalue weighted by Crippen LogP contribution is 2.28. The monoisotopic (exact) mass is 299 g/mol. The van der Waals surface area contributed by atoms with Crippen LogP contribution in [-0.4, -0.2) is 18.2 Å². The number of aromatic nitrogens is 1. The molecule has 3 nitrogen and oxygen atoms in total. The fourth-order valence-corrected chi connectivity index (χ4v) is 3.46. The Bertz CT molecular complexity index is 702. The molecule has 0 radical (unpaired) electrons. The number of hydrogen-bond acceptors (Lipinski definition) is 2. The van der Waals surface area contributed by atoms with Gasteiger partial charge in [-0.2, -0.15) is 0 Å². The van der Waals surface area contributed by atoms with Gasteiger partial charge in [-0.25, -0.2) is 8.42 Å². The molecule has 2 rings (SSSR count). The van der Waals surface area contributed by atoms with E-state index in [-0.39, 0.29) is 11.0 Å². The summed E-state index contributed by atoms with van der Waals surface area (Å²) < 4.78 is 26.2. The molecule has 5 heteroatoms. The zero-order valence-electron chi connectivity index (χ0n) is 11.4. The number of rotatable bonds is 4. The van der Waals surface area contributed by atoms with E-state index in [0.717, 1.165) is 16.6 Å². The van der Waals surface area contributed by atoms with E-state index in [0.29, 0.717) is 11.6 Å². The molecule has 0 saturated carbocycles. The molecular weight excluding hydrogens is 282 g/mol. The first-order valence-corrected chi connectivity index (χ1v) is 8.44. The van der Waals surface area contributed by atoms with Crippen molar-refractivity contribution in [3.8, 4) is 0 Å². The molecule has 2 aromatic rings. The van der Waals surface area contributed by atoms with E-state index in [4.69, 9.17) is 11.6 Å². The molecule has 0 spiro atoms. The van der Waals surface area contributed by atoms with Crippen LogP contribution >= 0.6 is 11.6 Å².